The molecular formula is C72H56Ir4N8O2Si2-4. The van der Waals surface area contributed by atoms with Gasteiger partial charge in [0.25, 0.3) is 0 Å². The van der Waals surface area contributed by atoms with Gasteiger partial charge in [0.1, 0.15) is 27.0 Å². The molecule has 0 saturated carbocycles. The van der Waals surface area contributed by atoms with Gasteiger partial charge in [-0.3, -0.25) is 19.9 Å². The summed E-state index contributed by atoms with van der Waals surface area (Å²) < 4.78 is 21.0. The van der Waals surface area contributed by atoms with Gasteiger partial charge in [0.2, 0.25) is 5.88 Å². The average Bonchev–Trinajstić information content (AvgIpc) is 1.83. The summed E-state index contributed by atoms with van der Waals surface area (Å²) in [7, 11) is -2.98. The Bertz CT molecular complexity index is 5450. The van der Waals surface area contributed by atoms with Crippen molar-refractivity contribution in [1.29, 1.82) is 0 Å². The second kappa shape index (κ2) is 22.0. The summed E-state index contributed by atoms with van der Waals surface area (Å²) >= 11 is 0. The van der Waals surface area contributed by atoms with Gasteiger partial charge in [-0.2, -0.15) is 0 Å². The van der Waals surface area contributed by atoms with Crippen LogP contribution in [0.4, 0.5) is 0 Å². The molecule has 10 nitrogen and oxygen atoms in total. The summed E-state index contributed by atoms with van der Waals surface area (Å²) in [6.45, 7) is 19.4. The maximum Gasteiger partial charge on any atom is 0.212 e. The van der Waals surface area contributed by atoms with Crippen LogP contribution in [-0.4, -0.2) is 53.7 Å². The maximum atomic E-state index is 5.90. The molecular weight excluding hydrogens is 1830 g/mol. The molecule has 0 bridgehead atoms. The van der Waals surface area contributed by atoms with Gasteiger partial charge in [0.15, 0.2) is 0 Å². The van der Waals surface area contributed by atoms with E-state index in [1.54, 1.807) is 5.19 Å². The van der Waals surface area contributed by atoms with E-state index in [-0.39, 0.29) is 80.4 Å². The van der Waals surface area contributed by atoms with E-state index < -0.39 is 16.1 Å². The minimum Gasteiger partial charge on any atom is -0.485 e. The molecule has 8 aromatic carbocycles. The average molecular weight is 1890 g/mol. The summed E-state index contributed by atoms with van der Waals surface area (Å²) in [5.74, 6) is 1.80. The number of hydrogen-bond donors (Lipinski definition) is 0. The molecule has 8 aromatic heterocycles. The minimum absolute atomic E-state index is 0. The van der Waals surface area contributed by atoms with Gasteiger partial charge >= 0.3 is 0 Å². The number of ether oxygens (including phenoxy) is 2. The van der Waals surface area contributed by atoms with Crippen molar-refractivity contribution < 1.29 is 89.9 Å². The molecule has 0 atom stereocenters. The van der Waals surface area contributed by atoms with Crippen molar-refractivity contribution in [3.05, 3.63) is 215 Å². The number of fused-ring (bicyclic) bond motifs is 12. The molecule has 0 amide bonds. The molecule has 4 aliphatic heterocycles. The zero-order valence-corrected chi connectivity index (χ0v) is 61.0. The fourth-order valence-electron chi connectivity index (χ4n) is 14.9. The molecule has 0 fully saturated rings. The van der Waals surface area contributed by atoms with E-state index in [0.29, 0.717) is 13.2 Å². The van der Waals surface area contributed by atoms with Crippen LogP contribution in [0.2, 0.25) is 26.2 Å². The standard InChI is InChI=1S/2C19H17N2Si.2C17H11N2O.4Ir/c1-12-19-21-17-13(11-22(19,2)3)7-6-10-15(17)14-8-4-5-9-16(14)18(21)20-12;1-12-16-11-22(2,3)17-10-6-9-14-13-7-4-5-8-15(13)19(20-12)21(16)18(14)17;1-10-17-19-15-11(9-20-17)5-4-8-13(15)12-6-2-3-7-14(12)16(19)18-10;1-10-14-9-20-15-8-4-7-12-11-5-2-3-6-13(11)17(18-10)19(14)16(12)15;;;;/h4-8,10H,11H2,1-3H3;4-7,9-10H,11H2,1-3H3;2-6,8H,9H2,1H3;2-5,7-8H,9H2,1H3;;;;/q4*-1;;;;. The Hall–Kier alpha value is -6.77. The zero-order valence-electron chi connectivity index (χ0n) is 49.4. The minimum atomic E-state index is -1.51. The first-order valence-corrected chi connectivity index (χ1v) is 35.4. The summed E-state index contributed by atoms with van der Waals surface area (Å²) in [4.78, 5) is 19.3. The van der Waals surface area contributed by atoms with Gasteiger partial charge in [-0.1, -0.05) is 114 Å². The normalized spacial score (nSPS) is 14.2. The first-order valence-electron chi connectivity index (χ1n) is 29.0. The summed E-state index contributed by atoms with van der Waals surface area (Å²) in [5.41, 5.74) is 18.8. The van der Waals surface area contributed by atoms with Crippen LogP contribution in [0.25, 0.3) is 109 Å². The third kappa shape index (κ3) is 8.62. The quantitative estimate of drug-likeness (QED) is 0.0854. The number of imidazole rings is 4. The Kier molecular flexibility index (Phi) is 15.1. The van der Waals surface area contributed by atoms with Crippen molar-refractivity contribution in [2.45, 2.75) is 79.2 Å². The largest absolute Gasteiger partial charge is 0.485 e. The molecule has 4 aliphatic rings. The van der Waals surface area contributed by atoms with Crippen LogP contribution in [0, 0.1) is 52.0 Å². The number of hydrogen-bond acceptors (Lipinski definition) is 6. The van der Waals surface area contributed by atoms with Gasteiger partial charge in [0.05, 0.1) is 53.3 Å². The monoisotopic (exact) mass is 1890 g/mol. The molecule has 0 aliphatic carbocycles. The van der Waals surface area contributed by atoms with Crippen molar-refractivity contribution in [3.63, 3.8) is 0 Å². The number of nitrogens with zero attached hydrogens (tertiary/aromatic N) is 8. The molecule has 444 valence electrons. The Labute approximate surface area is 564 Å². The number of benzene rings is 8. The van der Waals surface area contributed by atoms with Gasteiger partial charge < -0.3 is 27.1 Å². The molecule has 16 heteroatoms. The predicted molar refractivity (Wildman–Crippen MR) is 345 cm³/mol. The van der Waals surface area contributed by atoms with E-state index in [2.05, 4.69) is 179 Å². The summed E-state index contributed by atoms with van der Waals surface area (Å²) in [6, 6.07) is 66.8. The second-order valence-corrected chi connectivity index (χ2v) is 33.7. The smallest absolute Gasteiger partial charge is 0.212 e. The van der Waals surface area contributed by atoms with Crippen molar-refractivity contribution in [2.24, 2.45) is 0 Å². The van der Waals surface area contributed by atoms with Gasteiger partial charge in [-0.05, 0) is 78.1 Å². The molecule has 4 radical (unpaired) electrons. The fraction of sp³-hybridized carbons (Fsp3) is 0.167. The number of pyridine rings is 4. The van der Waals surface area contributed by atoms with Crippen molar-refractivity contribution in [3.8, 4) is 11.6 Å². The Morgan fingerprint density at radius 1 is 0.375 bits per heavy atom. The molecule has 20 rings (SSSR count). The topological polar surface area (TPSA) is 87.7 Å². The first-order chi connectivity index (χ1) is 40.8. The third-order valence-electron chi connectivity index (χ3n) is 18.4. The molecule has 0 spiro atoms. The van der Waals surface area contributed by atoms with Crippen LogP contribution < -0.4 is 20.0 Å². The van der Waals surface area contributed by atoms with E-state index >= 15 is 0 Å². The molecule has 0 unspecified atom stereocenters. The van der Waals surface area contributed by atoms with Crippen LogP contribution >= 0.6 is 0 Å². The van der Waals surface area contributed by atoms with Crippen molar-refractivity contribution >= 4 is 136 Å². The number of para-hydroxylation sites is 4. The molecule has 12 heterocycles. The molecule has 0 N–H and O–H groups in total. The number of rotatable bonds is 0. The van der Waals surface area contributed by atoms with Crippen LogP contribution in [0.15, 0.2) is 146 Å². The zero-order chi connectivity index (χ0) is 56.7. The predicted octanol–water partition coefficient (Wildman–Crippen LogP) is 14.8. The first kappa shape index (κ1) is 60.2. The summed E-state index contributed by atoms with van der Waals surface area (Å²) in [5, 5.41) is 17.5. The number of aryl methyl sites for hydroxylation is 4. The third-order valence-corrected chi connectivity index (χ3v) is 24.6. The van der Waals surface area contributed by atoms with E-state index in [4.69, 9.17) is 29.4 Å². The Balaban J connectivity index is 0.000000107. The van der Waals surface area contributed by atoms with Gasteiger partial charge in [-0.25, -0.2) is 0 Å². The van der Waals surface area contributed by atoms with Crippen LogP contribution in [-0.2, 0) is 106 Å². The van der Waals surface area contributed by atoms with Crippen LogP contribution in [0.3, 0.4) is 0 Å². The Morgan fingerprint density at radius 3 is 1.39 bits per heavy atom. The van der Waals surface area contributed by atoms with Crippen molar-refractivity contribution in [2.75, 3.05) is 0 Å². The van der Waals surface area contributed by atoms with Gasteiger partial charge in [0, 0.05) is 125 Å². The van der Waals surface area contributed by atoms with E-state index in [1.807, 2.05) is 62.4 Å². The Morgan fingerprint density at radius 2 is 0.807 bits per heavy atom. The SMILES string of the molecule is Cc1nc2c3[c-]cccc3c3cccc4c3n2c1CO4.Cc1nc2c3[c-]cccc3c3cccc4c3n2c1C[Si]4(C)C.Cc1nc2c3[c-]cccc3c3cccc4c3n2c1OC4.Cc1nc2c3[c-]cccc3c3cccc4c3n2c1[Si](C)(C)C4.[Ir].[Ir].[Ir].[Ir]. The van der Waals surface area contributed by atoms with E-state index in [1.165, 1.54) is 105 Å². The van der Waals surface area contributed by atoms with E-state index in [0.717, 1.165) is 78.4 Å². The molecule has 0 saturated heterocycles. The van der Waals surface area contributed by atoms with Crippen molar-refractivity contribution in [1.82, 2.24) is 37.5 Å². The maximum absolute atomic E-state index is 5.90. The van der Waals surface area contributed by atoms with Crippen LogP contribution in [0.1, 0.15) is 45.3 Å². The van der Waals surface area contributed by atoms with Gasteiger partial charge in [-0.15, -0.1) is 119 Å². The van der Waals surface area contributed by atoms with E-state index in [9.17, 15) is 0 Å². The summed E-state index contributed by atoms with van der Waals surface area (Å²) in [6.07, 6.45) is 0. The molecule has 16 aromatic rings. The second-order valence-electron chi connectivity index (χ2n) is 24.5. The molecule has 88 heavy (non-hydrogen) atoms. The fourth-order valence-corrected chi connectivity index (χ4v) is 21.0. The van der Waals surface area contributed by atoms with Crippen LogP contribution in [0.5, 0.6) is 11.6 Å². The number of aromatic nitrogens is 8.